The molecule has 0 aromatic carbocycles. The highest BCUT2D eigenvalue weighted by Crippen LogP contribution is 2.11. The quantitative estimate of drug-likeness (QED) is 0.563. The highest BCUT2D eigenvalue weighted by Gasteiger charge is 2.29. The van der Waals surface area contributed by atoms with E-state index in [1.807, 2.05) is 0 Å². The smallest absolute Gasteiger partial charge is 0.321 e. The Labute approximate surface area is 81.4 Å². The van der Waals surface area contributed by atoms with Crippen LogP contribution >= 0.6 is 0 Å². The standard InChI is InChI=1S/C8H12N3O3/c9-8(14)11-4-2-1-3-6(7(11)13)10-5-12/h6H,1-4H2,(H2,9,14)(H,10,12)/t6-/m0/s1. The summed E-state index contributed by atoms with van der Waals surface area (Å²) < 4.78 is 0. The summed E-state index contributed by atoms with van der Waals surface area (Å²) in [4.78, 5) is 33.5. The average Bonchev–Trinajstić information content (AvgIpc) is 2.30. The number of urea groups is 1. The van der Waals surface area contributed by atoms with Gasteiger partial charge in [-0.05, 0) is 19.3 Å². The first kappa shape index (κ1) is 10.5. The average molecular weight is 198 g/mol. The van der Waals surface area contributed by atoms with Gasteiger partial charge in [0.25, 0.3) is 5.91 Å². The molecule has 6 heteroatoms. The molecular formula is C8H12N3O3. The van der Waals surface area contributed by atoms with Crippen LogP contribution in [0.5, 0.6) is 0 Å². The van der Waals surface area contributed by atoms with Crippen LogP contribution in [0.15, 0.2) is 0 Å². The van der Waals surface area contributed by atoms with Crippen molar-refractivity contribution in [3.05, 3.63) is 0 Å². The summed E-state index contributed by atoms with van der Waals surface area (Å²) in [6.45, 7) is 0.325. The molecule has 0 bridgehead atoms. The maximum atomic E-state index is 11.6. The van der Waals surface area contributed by atoms with Crippen LogP contribution in [-0.2, 0) is 9.59 Å². The number of amides is 4. The molecule has 1 saturated heterocycles. The second-order valence-electron chi connectivity index (χ2n) is 3.12. The number of hydrogen-bond donors (Lipinski definition) is 2. The van der Waals surface area contributed by atoms with Gasteiger partial charge in [-0.1, -0.05) is 0 Å². The van der Waals surface area contributed by atoms with E-state index in [-0.39, 0.29) is 0 Å². The van der Waals surface area contributed by atoms with Gasteiger partial charge in [-0.3, -0.25) is 14.5 Å². The molecule has 1 atom stereocenters. The van der Waals surface area contributed by atoms with Gasteiger partial charge in [0.1, 0.15) is 6.04 Å². The SMILES string of the molecule is NC(=O)N1CCCC[C@H](N[C]=O)C1=O. The Balaban J connectivity index is 2.73. The molecule has 0 aliphatic carbocycles. The number of hydrogen-bond acceptors (Lipinski definition) is 3. The van der Waals surface area contributed by atoms with Gasteiger partial charge in [0.15, 0.2) is 0 Å². The van der Waals surface area contributed by atoms with Crippen LogP contribution < -0.4 is 11.1 Å². The van der Waals surface area contributed by atoms with E-state index in [1.54, 1.807) is 0 Å². The van der Waals surface area contributed by atoms with E-state index in [1.165, 1.54) is 6.41 Å². The van der Waals surface area contributed by atoms with Crippen molar-refractivity contribution in [2.45, 2.75) is 25.3 Å². The van der Waals surface area contributed by atoms with E-state index >= 15 is 0 Å². The number of carbonyl (C=O) groups excluding carboxylic acids is 3. The maximum absolute atomic E-state index is 11.6. The first-order chi connectivity index (χ1) is 6.66. The number of primary amides is 1. The molecule has 1 aliphatic heterocycles. The van der Waals surface area contributed by atoms with Gasteiger partial charge in [-0.15, -0.1) is 0 Å². The molecular weight excluding hydrogens is 186 g/mol. The zero-order valence-corrected chi connectivity index (χ0v) is 7.66. The number of rotatable bonds is 2. The Bertz CT molecular complexity index is 254. The van der Waals surface area contributed by atoms with Crippen LogP contribution in [0.25, 0.3) is 0 Å². The molecule has 1 fully saturated rings. The summed E-state index contributed by atoms with van der Waals surface area (Å²) in [6.07, 6.45) is 3.47. The lowest BCUT2D eigenvalue weighted by molar-refractivity contribution is -0.129. The zero-order valence-electron chi connectivity index (χ0n) is 7.66. The largest absolute Gasteiger partial charge is 0.351 e. The topological polar surface area (TPSA) is 92.5 Å². The van der Waals surface area contributed by atoms with E-state index in [9.17, 15) is 14.4 Å². The first-order valence-corrected chi connectivity index (χ1v) is 4.40. The number of carbonyl (C=O) groups is 2. The Morgan fingerprint density at radius 3 is 2.86 bits per heavy atom. The van der Waals surface area contributed by atoms with Crippen LogP contribution in [0.4, 0.5) is 4.79 Å². The Morgan fingerprint density at radius 1 is 1.57 bits per heavy atom. The number of nitrogens with two attached hydrogens (primary N) is 1. The number of likely N-dealkylation sites (tertiary alicyclic amines) is 1. The zero-order chi connectivity index (χ0) is 10.6. The Morgan fingerprint density at radius 2 is 2.29 bits per heavy atom. The fourth-order valence-corrected chi connectivity index (χ4v) is 1.46. The molecule has 77 valence electrons. The highest BCUT2D eigenvalue weighted by molar-refractivity contribution is 5.97. The molecule has 1 rings (SSSR count). The van der Waals surface area contributed by atoms with E-state index < -0.39 is 18.0 Å². The third kappa shape index (κ3) is 2.21. The van der Waals surface area contributed by atoms with E-state index in [0.29, 0.717) is 19.4 Å². The summed E-state index contributed by atoms with van der Waals surface area (Å²) in [7, 11) is 0. The van der Waals surface area contributed by atoms with Gasteiger partial charge in [-0.25, -0.2) is 4.79 Å². The summed E-state index contributed by atoms with van der Waals surface area (Å²) in [5.74, 6) is -0.446. The second kappa shape index (κ2) is 4.59. The molecule has 14 heavy (non-hydrogen) atoms. The lowest BCUT2D eigenvalue weighted by Gasteiger charge is -2.19. The molecule has 4 amide bonds. The van der Waals surface area contributed by atoms with E-state index in [2.05, 4.69) is 5.32 Å². The van der Waals surface area contributed by atoms with Gasteiger partial charge in [0.05, 0.1) is 0 Å². The van der Waals surface area contributed by atoms with Gasteiger partial charge >= 0.3 is 12.4 Å². The minimum absolute atomic E-state index is 0.325. The molecule has 3 N–H and O–H groups in total. The summed E-state index contributed by atoms with van der Waals surface area (Å²) in [6, 6.07) is -1.43. The van der Waals surface area contributed by atoms with Gasteiger partial charge in [-0.2, -0.15) is 0 Å². The predicted octanol–water partition coefficient (Wildman–Crippen LogP) is -0.897. The highest BCUT2D eigenvalue weighted by atomic mass is 16.2. The van der Waals surface area contributed by atoms with Crippen LogP contribution in [0.1, 0.15) is 19.3 Å². The number of imide groups is 1. The van der Waals surface area contributed by atoms with Crippen molar-refractivity contribution in [3.8, 4) is 0 Å². The lowest BCUT2D eigenvalue weighted by atomic mass is 10.1. The monoisotopic (exact) mass is 198 g/mol. The Kier molecular flexibility index (Phi) is 3.44. The minimum Gasteiger partial charge on any atom is -0.351 e. The van der Waals surface area contributed by atoms with Gasteiger partial charge in [0.2, 0.25) is 0 Å². The Hall–Kier alpha value is -1.59. The van der Waals surface area contributed by atoms with Gasteiger partial charge in [0, 0.05) is 6.54 Å². The second-order valence-corrected chi connectivity index (χ2v) is 3.12. The van der Waals surface area contributed by atoms with Crippen LogP contribution in [0.2, 0.25) is 0 Å². The lowest BCUT2D eigenvalue weighted by Crippen LogP contribution is -2.49. The number of nitrogens with zero attached hydrogens (tertiary/aromatic N) is 1. The first-order valence-electron chi connectivity index (χ1n) is 4.40. The molecule has 0 spiro atoms. The van der Waals surface area contributed by atoms with Crippen molar-refractivity contribution in [1.82, 2.24) is 10.2 Å². The molecule has 1 heterocycles. The van der Waals surface area contributed by atoms with Crippen molar-refractivity contribution < 1.29 is 14.4 Å². The summed E-state index contributed by atoms with van der Waals surface area (Å²) in [5, 5.41) is 2.25. The maximum Gasteiger partial charge on any atom is 0.321 e. The third-order valence-electron chi connectivity index (χ3n) is 2.19. The molecule has 1 aliphatic rings. The fourth-order valence-electron chi connectivity index (χ4n) is 1.46. The third-order valence-corrected chi connectivity index (χ3v) is 2.19. The molecule has 0 unspecified atom stereocenters. The summed E-state index contributed by atoms with van der Waals surface area (Å²) >= 11 is 0. The minimum atomic E-state index is -0.769. The van der Waals surface area contributed by atoms with Crippen LogP contribution in [0, 0.1) is 0 Å². The van der Waals surface area contributed by atoms with E-state index in [0.717, 1.165) is 11.3 Å². The van der Waals surface area contributed by atoms with Crippen LogP contribution in [-0.4, -0.2) is 35.8 Å². The molecule has 0 aromatic heterocycles. The fraction of sp³-hybridized carbons (Fsp3) is 0.625. The van der Waals surface area contributed by atoms with Crippen molar-refractivity contribution in [3.63, 3.8) is 0 Å². The molecule has 1 radical (unpaired) electrons. The normalized spacial score (nSPS) is 22.7. The van der Waals surface area contributed by atoms with Crippen molar-refractivity contribution in [2.75, 3.05) is 6.54 Å². The number of nitrogens with one attached hydrogen (secondary N) is 1. The molecule has 6 nitrogen and oxygen atoms in total. The summed E-state index contributed by atoms with van der Waals surface area (Å²) in [5.41, 5.74) is 5.03. The molecule has 0 saturated carbocycles. The molecule has 0 aromatic rings. The van der Waals surface area contributed by atoms with Crippen molar-refractivity contribution in [1.29, 1.82) is 0 Å². The van der Waals surface area contributed by atoms with Crippen molar-refractivity contribution >= 4 is 18.3 Å². The van der Waals surface area contributed by atoms with Gasteiger partial charge < -0.3 is 11.1 Å². The van der Waals surface area contributed by atoms with Crippen LogP contribution in [0.3, 0.4) is 0 Å². The predicted molar refractivity (Wildman–Crippen MR) is 47.8 cm³/mol. The van der Waals surface area contributed by atoms with Crippen molar-refractivity contribution in [2.24, 2.45) is 5.73 Å². The van der Waals surface area contributed by atoms with E-state index in [4.69, 9.17) is 5.73 Å².